The highest BCUT2D eigenvalue weighted by molar-refractivity contribution is 5.70. The second kappa shape index (κ2) is 5.11. The lowest BCUT2D eigenvalue weighted by atomic mass is 9.97. The molecule has 1 heterocycles. The molecule has 0 atom stereocenters. The van der Waals surface area contributed by atoms with E-state index in [1.165, 1.54) is 0 Å². The fourth-order valence-corrected chi connectivity index (χ4v) is 1.88. The van der Waals surface area contributed by atoms with Crippen molar-refractivity contribution in [2.45, 2.75) is 12.6 Å². The van der Waals surface area contributed by atoms with E-state index >= 15 is 0 Å². The zero-order chi connectivity index (χ0) is 13.9. The molecule has 0 saturated heterocycles. The summed E-state index contributed by atoms with van der Waals surface area (Å²) in [6, 6.07) is 11.0. The van der Waals surface area contributed by atoms with Crippen molar-refractivity contribution < 1.29 is 13.2 Å². The van der Waals surface area contributed by atoms with E-state index in [0.717, 1.165) is 12.3 Å². The summed E-state index contributed by atoms with van der Waals surface area (Å²) in [4.78, 5) is 3.90. The molecule has 1 aromatic carbocycles. The Balaban J connectivity index is 2.71. The number of rotatable bonds is 2. The summed E-state index contributed by atoms with van der Waals surface area (Å²) in [5.41, 5.74) is -0.229. The van der Waals surface area contributed by atoms with Gasteiger partial charge in [0, 0.05) is 11.8 Å². The number of nitrogens with zero attached hydrogens (tertiary/aromatic N) is 2. The first-order chi connectivity index (χ1) is 9.04. The summed E-state index contributed by atoms with van der Waals surface area (Å²) in [7, 11) is 0. The Morgan fingerprint density at radius 2 is 1.79 bits per heavy atom. The standard InChI is InChI=1S/C14H9F3N2/c15-14(16,17)11-7-9-19-12(6-8-18)13(11)10-4-2-1-3-5-10/h1-5,7,9H,6H2. The van der Waals surface area contributed by atoms with E-state index in [-0.39, 0.29) is 17.7 Å². The van der Waals surface area contributed by atoms with Crippen LogP contribution < -0.4 is 0 Å². The molecule has 0 amide bonds. The van der Waals surface area contributed by atoms with Gasteiger partial charge in [-0.15, -0.1) is 0 Å². The van der Waals surface area contributed by atoms with Crippen LogP contribution in [0.25, 0.3) is 11.1 Å². The molecule has 0 spiro atoms. The highest BCUT2D eigenvalue weighted by Gasteiger charge is 2.34. The number of alkyl halides is 3. The van der Waals surface area contributed by atoms with Crippen LogP contribution in [0, 0.1) is 11.3 Å². The normalized spacial score (nSPS) is 11.1. The van der Waals surface area contributed by atoms with Crippen LogP contribution in [-0.4, -0.2) is 4.98 Å². The third-order valence-corrected chi connectivity index (χ3v) is 2.64. The summed E-state index contributed by atoms with van der Waals surface area (Å²) >= 11 is 0. The van der Waals surface area contributed by atoms with E-state index in [2.05, 4.69) is 4.98 Å². The smallest absolute Gasteiger partial charge is 0.260 e. The summed E-state index contributed by atoms with van der Waals surface area (Å²) in [5, 5.41) is 8.71. The van der Waals surface area contributed by atoms with Crippen LogP contribution in [0.1, 0.15) is 11.3 Å². The van der Waals surface area contributed by atoms with Gasteiger partial charge in [0.2, 0.25) is 0 Å². The minimum atomic E-state index is -4.47. The molecule has 0 radical (unpaired) electrons. The maximum absolute atomic E-state index is 13.0. The maximum atomic E-state index is 13.0. The second-order valence-corrected chi connectivity index (χ2v) is 3.88. The molecule has 0 unspecified atom stereocenters. The lowest BCUT2D eigenvalue weighted by Crippen LogP contribution is -2.10. The van der Waals surface area contributed by atoms with Crippen molar-refractivity contribution in [3.63, 3.8) is 0 Å². The number of halogens is 3. The van der Waals surface area contributed by atoms with E-state index in [1.807, 2.05) is 6.07 Å². The molecule has 2 aromatic rings. The second-order valence-electron chi connectivity index (χ2n) is 3.88. The molecule has 19 heavy (non-hydrogen) atoms. The van der Waals surface area contributed by atoms with E-state index in [1.54, 1.807) is 30.3 Å². The van der Waals surface area contributed by atoms with Crippen molar-refractivity contribution in [2.75, 3.05) is 0 Å². The Morgan fingerprint density at radius 3 is 2.37 bits per heavy atom. The Hall–Kier alpha value is -2.35. The van der Waals surface area contributed by atoms with Crippen LogP contribution in [-0.2, 0) is 12.6 Å². The number of benzene rings is 1. The number of nitriles is 1. The summed E-state index contributed by atoms with van der Waals surface area (Å²) in [6.45, 7) is 0. The molecule has 1 aromatic heterocycles. The van der Waals surface area contributed by atoms with Gasteiger partial charge in [0.25, 0.3) is 0 Å². The monoisotopic (exact) mass is 262 g/mol. The third kappa shape index (κ3) is 2.74. The first-order valence-electron chi connectivity index (χ1n) is 5.51. The van der Waals surface area contributed by atoms with Crippen LogP contribution in [0.3, 0.4) is 0 Å². The minimum absolute atomic E-state index is 0.0165. The number of hydrogen-bond donors (Lipinski definition) is 0. The molecule has 0 aliphatic heterocycles. The Kier molecular flexibility index (Phi) is 3.52. The molecular weight excluding hydrogens is 253 g/mol. The van der Waals surface area contributed by atoms with Crippen molar-refractivity contribution in [1.82, 2.24) is 4.98 Å². The van der Waals surface area contributed by atoms with Crippen LogP contribution in [0.15, 0.2) is 42.6 Å². The van der Waals surface area contributed by atoms with Gasteiger partial charge in [0.1, 0.15) is 0 Å². The fraction of sp³-hybridized carbons (Fsp3) is 0.143. The van der Waals surface area contributed by atoms with Gasteiger partial charge >= 0.3 is 6.18 Å². The average Bonchev–Trinajstić information content (AvgIpc) is 2.39. The largest absolute Gasteiger partial charge is 0.417 e. The molecule has 2 rings (SSSR count). The van der Waals surface area contributed by atoms with E-state index in [9.17, 15) is 13.2 Å². The van der Waals surface area contributed by atoms with Crippen molar-refractivity contribution in [3.05, 3.63) is 53.9 Å². The van der Waals surface area contributed by atoms with Crippen LogP contribution in [0.4, 0.5) is 13.2 Å². The van der Waals surface area contributed by atoms with Crippen molar-refractivity contribution >= 4 is 0 Å². The molecule has 5 heteroatoms. The number of aromatic nitrogens is 1. The Morgan fingerprint density at radius 1 is 1.11 bits per heavy atom. The van der Waals surface area contributed by atoms with Gasteiger partial charge in [-0.3, -0.25) is 4.98 Å². The Bertz CT molecular complexity index is 613. The van der Waals surface area contributed by atoms with Gasteiger partial charge in [0.15, 0.2) is 0 Å². The zero-order valence-electron chi connectivity index (χ0n) is 9.78. The predicted molar refractivity (Wildman–Crippen MR) is 64.0 cm³/mol. The minimum Gasteiger partial charge on any atom is -0.260 e. The SMILES string of the molecule is N#CCc1nccc(C(F)(F)F)c1-c1ccccc1. The lowest BCUT2D eigenvalue weighted by Gasteiger charge is -2.15. The van der Waals surface area contributed by atoms with E-state index < -0.39 is 11.7 Å². The summed E-state index contributed by atoms with van der Waals surface area (Å²) < 4.78 is 39.1. The van der Waals surface area contributed by atoms with Crippen LogP contribution >= 0.6 is 0 Å². The van der Waals surface area contributed by atoms with Crippen LogP contribution in [0.2, 0.25) is 0 Å². The molecule has 0 fully saturated rings. The average molecular weight is 262 g/mol. The number of hydrogen-bond acceptors (Lipinski definition) is 2. The van der Waals surface area contributed by atoms with Gasteiger partial charge in [-0.2, -0.15) is 18.4 Å². The molecule has 2 nitrogen and oxygen atoms in total. The summed E-state index contributed by atoms with van der Waals surface area (Å²) in [5.74, 6) is 0. The first kappa shape index (κ1) is 13.1. The van der Waals surface area contributed by atoms with Crippen molar-refractivity contribution in [1.29, 1.82) is 5.26 Å². The Labute approximate surface area is 108 Å². The fourth-order valence-electron chi connectivity index (χ4n) is 1.88. The number of pyridine rings is 1. The molecule has 0 aliphatic rings. The van der Waals surface area contributed by atoms with Gasteiger partial charge in [-0.25, -0.2) is 0 Å². The van der Waals surface area contributed by atoms with Gasteiger partial charge in [-0.1, -0.05) is 30.3 Å². The third-order valence-electron chi connectivity index (χ3n) is 2.64. The van der Waals surface area contributed by atoms with Gasteiger partial charge in [-0.05, 0) is 11.6 Å². The van der Waals surface area contributed by atoms with Gasteiger partial charge in [0.05, 0.1) is 23.7 Å². The first-order valence-corrected chi connectivity index (χ1v) is 5.51. The molecule has 0 N–H and O–H groups in total. The quantitative estimate of drug-likeness (QED) is 0.824. The highest BCUT2D eigenvalue weighted by atomic mass is 19.4. The van der Waals surface area contributed by atoms with Gasteiger partial charge < -0.3 is 0 Å². The van der Waals surface area contributed by atoms with Crippen molar-refractivity contribution in [2.24, 2.45) is 0 Å². The summed E-state index contributed by atoms with van der Waals surface area (Å²) in [6.07, 6.45) is -3.55. The van der Waals surface area contributed by atoms with Crippen LogP contribution in [0.5, 0.6) is 0 Å². The molecule has 0 bridgehead atoms. The van der Waals surface area contributed by atoms with E-state index in [4.69, 9.17) is 5.26 Å². The highest BCUT2D eigenvalue weighted by Crippen LogP contribution is 2.38. The van der Waals surface area contributed by atoms with E-state index in [0.29, 0.717) is 5.56 Å². The predicted octanol–water partition coefficient (Wildman–Crippen LogP) is 3.83. The lowest BCUT2D eigenvalue weighted by molar-refractivity contribution is -0.137. The molecule has 0 aliphatic carbocycles. The maximum Gasteiger partial charge on any atom is 0.417 e. The molecular formula is C14H9F3N2. The zero-order valence-corrected chi connectivity index (χ0v) is 9.78. The molecule has 96 valence electrons. The topological polar surface area (TPSA) is 36.7 Å². The molecule has 0 saturated carbocycles. The van der Waals surface area contributed by atoms with Crippen molar-refractivity contribution in [3.8, 4) is 17.2 Å².